The molecule has 96 valence electrons. The van der Waals surface area contributed by atoms with E-state index in [1.807, 2.05) is 18.2 Å². The van der Waals surface area contributed by atoms with Gasteiger partial charge in [0.2, 0.25) is 5.16 Å². The summed E-state index contributed by atoms with van der Waals surface area (Å²) in [4.78, 5) is 0.890. The van der Waals surface area contributed by atoms with Crippen molar-refractivity contribution < 1.29 is 4.74 Å². The number of hydrogen-bond donors (Lipinski definition) is 1. The lowest BCUT2D eigenvalue weighted by Crippen LogP contribution is -2.00. The van der Waals surface area contributed by atoms with Gasteiger partial charge in [0.1, 0.15) is 5.75 Å². The molecule has 1 aromatic heterocycles. The van der Waals surface area contributed by atoms with E-state index in [-0.39, 0.29) is 0 Å². The molecule has 2 aromatic rings. The maximum absolute atomic E-state index is 6.07. The third kappa shape index (κ3) is 2.73. The van der Waals surface area contributed by atoms with Crippen LogP contribution in [0.25, 0.3) is 0 Å². The monoisotopic (exact) mass is 265 g/mol. The number of nitrogens with two attached hydrogens (primary N) is 1. The molecular formula is C11H15N5OS. The van der Waals surface area contributed by atoms with E-state index in [9.17, 15) is 0 Å². The summed E-state index contributed by atoms with van der Waals surface area (Å²) in [5, 5.41) is 12.0. The summed E-state index contributed by atoms with van der Waals surface area (Å²) in [5.74, 6) is 0.706. The molecule has 0 unspecified atom stereocenters. The summed E-state index contributed by atoms with van der Waals surface area (Å²) >= 11 is 1.42. The Morgan fingerprint density at radius 3 is 2.94 bits per heavy atom. The van der Waals surface area contributed by atoms with Crippen molar-refractivity contribution in [3.63, 3.8) is 0 Å². The van der Waals surface area contributed by atoms with E-state index < -0.39 is 0 Å². The van der Waals surface area contributed by atoms with Gasteiger partial charge in [0.15, 0.2) is 0 Å². The van der Waals surface area contributed by atoms with Crippen molar-refractivity contribution >= 4 is 17.4 Å². The molecule has 7 heteroatoms. The van der Waals surface area contributed by atoms with Crippen molar-refractivity contribution in [3.8, 4) is 5.75 Å². The first-order chi connectivity index (χ1) is 8.72. The summed E-state index contributed by atoms with van der Waals surface area (Å²) in [5.41, 5.74) is 6.69. The van der Waals surface area contributed by atoms with Crippen LogP contribution in [-0.2, 0) is 7.05 Å². The van der Waals surface area contributed by atoms with Crippen LogP contribution in [0.15, 0.2) is 28.3 Å². The topological polar surface area (TPSA) is 78.9 Å². The number of aryl methyl sites for hydroxylation is 1. The Kier molecular flexibility index (Phi) is 4.03. The number of ether oxygens (including phenoxy) is 1. The standard InChI is InChI=1S/C11H15N5OS/c1-3-7-17-8-5-4-6-9(10(8)12)18-11-13-14-15-16(11)2/h4-6H,3,7,12H2,1-2H3. The SMILES string of the molecule is CCCOc1cccc(Sc2nnnn2C)c1N. The first-order valence-corrected chi connectivity index (χ1v) is 6.45. The second-order valence-corrected chi connectivity index (χ2v) is 4.71. The van der Waals surface area contributed by atoms with E-state index in [4.69, 9.17) is 10.5 Å². The molecule has 2 N–H and O–H groups in total. The zero-order chi connectivity index (χ0) is 13.0. The first kappa shape index (κ1) is 12.7. The van der Waals surface area contributed by atoms with Crippen molar-refractivity contribution in [2.24, 2.45) is 7.05 Å². The maximum atomic E-state index is 6.07. The highest BCUT2D eigenvalue weighted by molar-refractivity contribution is 7.99. The molecule has 0 aliphatic heterocycles. The van der Waals surface area contributed by atoms with Gasteiger partial charge in [0.25, 0.3) is 0 Å². The number of nitrogens with zero attached hydrogens (tertiary/aromatic N) is 4. The van der Waals surface area contributed by atoms with E-state index in [1.54, 1.807) is 11.7 Å². The maximum Gasteiger partial charge on any atom is 0.213 e. The fraction of sp³-hybridized carbons (Fsp3) is 0.364. The summed E-state index contributed by atoms with van der Waals surface area (Å²) in [6, 6.07) is 5.70. The van der Waals surface area contributed by atoms with Gasteiger partial charge in [-0.1, -0.05) is 13.0 Å². The number of para-hydroxylation sites is 1. The minimum absolute atomic E-state index is 0.624. The molecule has 1 heterocycles. The third-order valence-corrected chi connectivity index (χ3v) is 3.37. The van der Waals surface area contributed by atoms with Crippen molar-refractivity contribution in [1.29, 1.82) is 0 Å². The van der Waals surface area contributed by atoms with Crippen LogP contribution in [0.4, 0.5) is 5.69 Å². The summed E-state index contributed by atoms with van der Waals surface area (Å²) in [7, 11) is 1.79. The second-order valence-electron chi connectivity index (χ2n) is 3.70. The third-order valence-electron chi connectivity index (χ3n) is 2.27. The van der Waals surface area contributed by atoms with Crippen LogP contribution < -0.4 is 10.5 Å². The smallest absolute Gasteiger partial charge is 0.213 e. The summed E-state index contributed by atoms with van der Waals surface area (Å²) < 4.78 is 7.18. The predicted molar refractivity (Wildman–Crippen MR) is 69.6 cm³/mol. The lowest BCUT2D eigenvalue weighted by molar-refractivity contribution is 0.318. The van der Waals surface area contributed by atoms with E-state index in [1.165, 1.54) is 11.8 Å². The molecule has 0 atom stereocenters. The van der Waals surface area contributed by atoms with Crippen LogP contribution in [0.5, 0.6) is 5.75 Å². The van der Waals surface area contributed by atoms with E-state index in [0.29, 0.717) is 23.2 Å². The van der Waals surface area contributed by atoms with Crippen LogP contribution >= 0.6 is 11.8 Å². The minimum atomic E-state index is 0.624. The van der Waals surface area contributed by atoms with Gasteiger partial charge < -0.3 is 10.5 Å². The van der Waals surface area contributed by atoms with Gasteiger partial charge in [0.05, 0.1) is 12.3 Å². The van der Waals surface area contributed by atoms with Crippen LogP contribution in [0.3, 0.4) is 0 Å². The Morgan fingerprint density at radius 1 is 1.44 bits per heavy atom. The summed E-state index contributed by atoms with van der Waals surface area (Å²) in [6.45, 7) is 2.71. The number of aromatic nitrogens is 4. The van der Waals surface area contributed by atoms with Crippen molar-refractivity contribution in [3.05, 3.63) is 18.2 Å². The average molecular weight is 265 g/mol. The Morgan fingerprint density at radius 2 is 2.28 bits per heavy atom. The lowest BCUT2D eigenvalue weighted by Gasteiger charge is -2.10. The van der Waals surface area contributed by atoms with Crippen LogP contribution in [0.2, 0.25) is 0 Å². The number of tetrazole rings is 1. The van der Waals surface area contributed by atoms with E-state index >= 15 is 0 Å². The number of nitrogen functional groups attached to an aromatic ring is 1. The van der Waals surface area contributed by atoms with Gasteiger partial charge >= 0.3 is 0 Å². The molecule has 0 saturated carbocycles. The van der Waals surface area contributed by atoms with Gasteiger partial charge in [-0.15, -0.1) is 5.10 Å². The van der Waals surface area contributed by atoms with Gasteiger partial charge in [0, 0.05) is 11.9 Å². The fourth-order valence-electron chi connectivity index (χ4n) is 1.36. The molecule has 0 spiro atoms. The second kappa shape index (κ2) is 5.72. The van der Waals surface area contributed by atoms with E-state index in [2.05, 4.69) is 22.4 Å². The molecule has 0 fully saturated rings. The highest BCUT2D eigenvalue weighted by Gasteiger charge is 2.10. The Hall–Kier alpha value is -1.76. The Bertz CT molecular complexity index is 528. The van der Waals surface area contributed by atoms with E-state index in [0.717, 1.165) is 11.3 Å². The highest BCUT2D eigenvalue weighted by Crippen LogP contribution is 2.35. The molecule has 0 amide bonds. The molecule has 0 aliphatic rings. The molecule has 1 aromatic carbocycles. The van der Waals surface area contributed by atoms with Crippen LogP contribution in [0, 0.1) is 0 Å². The van der Waals surface area contributed by atoms with Gasteiger partial charge in [-0.05, 0) is 40.7 Å². The zero-order valence-corrected chi connectivity index (χ0v) is 11.1. The highest BCUT2D eigenvalue weighted by atomic mass is 32.2. The first-order valence-electron chi connectivity index (χ1n) is 5.64. The Labute approximate surface area is 110 Å². The normalized spacial score (nSPS) is 10.6. The molecular weight excluding hydrogens is 250 g/mol. The molecule has 6 nitrogen and oxygen atoms in total. The van der Waals surface area contributed by atoms with Gasteiger partial charge in [-0.2, -0.15) is 0 Å². The quantitative estimate of drug-likeness (QED) is 0.829. The van der Waals surface area contributed by atoms with Crippen LogP contribution in [-0.4, -0.2) is 26.8 Å². The lowest BCUT2D eigenvalue weighted by atomic mass is 10.3. The fourth-order valence-corrected chi connectivity index (χ4v) is 2.16. The van der Waals surface area contributed by atoms with Gasteiger partial charge in [-0.25, -0.2) is 4.68 Å². The zero-order valence-electron chi connectivity index (χ0n) is 10.3. The summed E-state index contributed by atoms with van der Waals surface area (Å²) in [6.07, 6.45) is 0.948. The predicted octanol–water partition coefficient (Wildman–Crippen LogP) is 1.73. The average Bonchev–Trinajstić information content (AvgIpc) is 2.76. The van der Waals surface area contributed by atoms with Crippen molar-refractivity contribution in [1.82, 2.24) is 20.2 Å². The van der Waals surface area contributed by atoms with Crippen LogP contribution in [0.1, 0.15) is 13.3 Å². The minimum Gasteiger partial charge on any atom is -0.491 e. The number of anilines is 1. The molecule has 0 radical (unpaired) electrons. The molecule has 2 rings (SSSR count). The van der Waals surface area contributed by atoms with Crippen molar-refractivity contribution in [2.45, 2.75) is 23.4 Å². The molecule has 18 heavy (non-hydrogen) atoms. The Balaban J connectivity index is 2.21. The largest absolute Gasteiger partial charge is 0.491 e. The molecule has 0 aliphatic carbocycles. The number of hydrogen-bond acceptors (Lipinski definition) is 6. The van der Waals surface area contributed by atoms with Crippen molar-refractivity contribution in [2.75, 3.05) is 12.3 Å². The molecule has 0 bridgehead atoms. The molecule has 0 saturated heterocycles. The van der Waals surface area contributed by atoms with Gasteiger partial charge in [-0.3, -0.25) is 0 Å². The number of rotatable bonds is 5. The number of benzene rings is 1.